The van der Waals surface area contributed by atoms with E-state index in [4.69, 9.17) is 4.74 Å². The van der Waals surface area contributed by atoms with E-state index in [-0.39, 0.29) is 5.75 Å². The van der Waals surface area contributed by atoms with Crippen molar-refractivity contribution < 1.29 is 9.84 Å². The molecule has 0 amide bonds. The number of phenolic OH excluding ortho intramolecular Hbond substituents is 1. The molecule has 24 heavy (non-hydrogen) atoms. The van der Waals surface area contributed by atoms with Crippen molar-refractivity contribution in [3.63, 3.8) is 0 Å². The fraction of sp³-hybridized carbons (Fsp3) is 0.400. The minimum absolute atomic E-state index is 0.176. The minimum atomic E-state index is 0.176. The van der Waals surface area contributed by atoms with Crippen LogP contribution in [0.1, 0.15) is 30.5 Å². The van der Waals surface area contributed by atoms with Crippen molar-refractivity contribution in [2.24, 2.45) is 0 Å². The number of ether oxygens (including phenoxy) is 1. The molecule has 0 spiro atoms. The molecule has 2 N–H and O–H groups in total. The van der Waals surface area contributed by atoms with Gasteiger partial charge in [-0.3, -0.25) is 4.90 Å². The standard InChI is InChI=1S/C20H28N2O2/c1-15(2)22(3)14-18-7-5-6-16(10-18)12-21-13-17-8-9-20(24-4)19(23)11-17/h5-11,15,21,23H,12-14H2,1-4H3. The van der Waals surface area contributed by atoms with Gasteiger partial charge in [-0.05, 0) is 49.7 Å². The first-order valence-electron chi connectivity index (χ1n) is 8.34. The molecular weight excluding hydrogens is 300 g/mol. The molecule has 2 rings (SSSR count). The van der Waals surface area contributed by atoms with Gasteiger partial charge in [-0.15, -0.1) is 0 Å². The highest BCUT2D eigenvalue weighted by Gasteiger charge is 2.05. The van der Waals surface area contributed by atoms with E-state index in [0.717, 1.165) is 18.7 Å². The Morgan fingerprint density at radius 2 is 1.71 bits per heavy atom. The van der Waals surface area contributed by atoms with Gasteiger partial charge in [-0.1, -0.05) is 30.3 Å². The Bertz CT molecular complexity index is 656. The second kappa shape index (κ2) is 8.71. The third-order valence-corrected chi connectivity index (χ3v) is 4.21. The summed E-state index contributed by atoms with van der Waals surface area (Å²) in [6.45, 7) is 6.86. The fourth-order valence-electron chi connectivity index (χ4n) is 2.51. The summed E-state index contributed by atoms with van der Waals surface area (Å²) in [5.74, 6) is 0.677. The molecule has 0 aromatic heterocycles. The van der Waals surface area contributed by atoms with Crippen LogP contribution in [0.15, 0.2) is 42.5 Å². The number of nitrogens with zero attached hydrogens (tertiary/aromatic N) is 1. The second-order valence-corrected chi connectivity index (χ2v) is 6.44. The molecule has 2 aromatic carbocycles. The molecule has 0 heterocycles. The zero-order chi connectivity index (χ0) is 17.5. The number of benzene rings is 2. The predicted octanol–water partition coefficient (Wildman–Crippen LogP) is 3.53. The van der Waals surface area contributed by atoms with Crippen molar-refractivity contribution in [1.29, 1.82) is 0 Å². The molecule has 0 aliphatic carbocycles. The van der Waals surface area contributed by atoms with Gasteiger partial charge in [0, 0.05) is 25.7 Å². The van der Waals surface area contributed by atoms with E-state index < -0.39 is 0 Å². The van der Waals surface area contributed by atoms with Gasteiger partial charge in [0.1, 0.15) is 0 Å². The summed E-state index contributed by atoms with van der Waals surface area (Å²) in [6, 6.07) is 14.7. The molecule has 0 bridgehead atoms. The van der Waals surface area contributed by atoms with Gasteiger partial charge in [0.25, 0.3) is 0 Å². The van der Waals surface area contributed by atoms with E-state index >= 15 is 0 Å². The summed E-state index contributed by atoms with van der Waals surface area (Å²) in [7, 11) is 3.70. The number of methoxy groups -OCH3 is 1. The highest BCUT2D eigenvalue weighted by molar-refractivity contribution is 5.41. The van der Waals surface area contributed by atoms with Gasteiger partial charge in [0.2, 0.25) is 0 Å². The Kier molecular flexibility index (Phi) is 6.64. The summed E-state index contributed by atoms with van der Waals surface area (Å²) in [5, 5.41) is 13.2. The smallest absolute Gasteiger partial charge is 0.160 e. The van der Waals surface area contributed by atoms with E-state index in [9.17, 15) is 5.11 Å². The normalized spacial score (nSPS) is 11.2. The largest absolute Gasteiger partial charge is 0.504 e. The molecule has 2 aromatic rings. The third kappa shape index (κ3) is 5.25. The number of nitrogens with one attached hydrogen (secondary N) is 1. The first kappa shape index (κ1) is 18.3. The summed E-state index contributed by atoms with van der Waals surface area (Å²) in [5.41, 5.74) is 3.62. The van der Waals surface area contributed by atoms with E-state index in [1.165, 1.54) is 11.1 Å². The zero-order valence-electron chi connectivity index (χ0n) is 15.0. The molecule has 0 fully saturated rings. The molecule has 4 nitrogen and oxygen atoms in total. The zero-order valence-corrected chi connectivity index (χ0v) is 15.0. The third-order valence-electron chi connectivity index (χ3n) is 4.21. The number of aromatic hydroxyl groups is 1. The quantitative estimate of drug-likeness (QED) is 0.778. The van der Waals surface area contributed by atoms with Crippen LogP contribution in [-0.4, -0.2) is 30.2 Å². The van der Waals surface area contributed by atoms with Crippen molar-refractivity contribution in [2.75, 3.05) is 14.2 Å². The maximum atomic E-state index is 9.82. The summed E-state index contributed by atoms with van der Waals surface area (Å²) in [6.07, 6.45) is 0. The van der Waals surface area contributed by atoms with Crippen molar-refractivity contribution in [2.45, 2.75) is 39.5 Å². The Morgan fingerprint density at radius 1 is 1.04 bits per heavy atom. The maximum Gasteiger partial charge on any atom is 0.160 e. The average Bonchev–Trinajstić information content (AvgIpc) is 2.55. The number of hydrogen-bond donors (Lipinski definition) is 2. The lowest BCUT2D eigenvalue weighted by Gasteiger charge is -2.21. The monoisotopic (exact) mass is 328 g/mol. The van der Waals surface area contributed by atoms with Crippen LogP contribution in [0.25, 0.3) is 0 Å². The summed E-state index contributed by atoms with van der Waals surface area (Å²) < 4.78 is 5.06. The van der Waals surface area contributed by atoms with Crippen molar-refractivity contribution in [1.82, 2.24) is 10.2 Å². The van der Waals surface area contributed by atoms with Gasteiger partial charge < -0.3 is 15.2 Å². The van der Waals surface area contributed by atoms with Crippen LogP contribution in [0.4, 0.5) is 0 Å². The molecule has 0 saturated carbocycles. The molecule has 0 atom stereocenters. The van der Waals surface area contributed by atoms with Crippen molar-refractivity contribution in [3.05, 3.63) is 59.2 Å². The van der Waals surface area contributed by atoms with Gasteiger partial charge in [-0.25, -0.2) is 0 Å². The fourth-order valence-corrected chi connectivity index (χ4v) is 2.51. The predicted molar refractivity (Wildman–Crippen MR) is 98.2 cm³/mol. The molecule has 130 valence electrons. The van der Waals surface area contributed by atoms with Crippen LogP contribution in [0, 0.1) is 0 Å². The minimum Gasteiger partial charge on any atom is -0.504 e. The Morgan fingerprint density at radius 3 is 2.33 bits per heavy atom. The highest BCUT2D eigenvalue weighted by atomic mass is 16.5. The first-order valence-corrected chi connectivity index (χ1v) is 8.34. The molecule has 0 aliphatic heterocycles. The summed E-state index contributed by atoms with van der Waals surface area (Å²) >= 11 is 0. The molecule has 0 unspecified atom stereocenters. The van der Waals surface area contributed by atoms with Gasteiger partial charge in [0.05, 0.1) is 7.11 Å². The molecule has 0 aliphatic rings. The lowest BCUT2D eigenvalue weighted by atomic mass is 10.1. The van der Waals surface area contributed by atoms with E-state index in [1.54, 1.807) is 19.2 Å². The lowest BCUT2D eigenvalue weighted by molar-refractivity contribution is 0.266. The van der Waals surface area contributed by atoms with Crippen LogP contribution in [0.3, 0.4) is 0 Å². The van der Waals surface area contributed by atoms with Crippen molar-refractivity contribution in [3.8, 4) is 11.5 Å². The van der Waals surface area contributed by atoms with E-state index in [2.05, 4.69) is 55.4 Å². The van der Waals surface area contributed by atoms with Crippen LogP contribution in [0.5, 0.6) is 11.5 Å². The van der Waals surface area contributed by atoms with Crippen LogP contribution < -0.4 is 10.1 Å². The number of phenols is 1. The average molecular weight is 328 g/mol. The SMILES string of the molecule is COc1ccc(CNCc2cccc(CN(C)C(C)C)c2)cc1O. The number of rotatable bonds is 8. The second-order valence-electron chi connectivity index (χ2n) is 6.44. The van der Waals surface area contributed by atoms with Gasteiger partial charge >= 0.3 is 0 Å². The van der Waals surface area contributed by atoms with Gasteiger partial charge in [0.15, 0.2) is 11.5 Å². The van der Waals surface area contributed by atoms with Gasteiger partial charge in [-0.2, -0.15) is 0 Å². The Hall–Kier alpha value is -2.04. The molecular formula is C20H28N2O2. The Balaban J connectivity index is 1.89. The van der Waals surface area contributed by atoms with E-state index in [0.29, 0.717) is 18.3 Å². The van der Waals surface area contributed by atoms with Crippen LogP contribution in [0.2, 0.25) is 0 Å². The Labute approximate surface area is 145 Å². The van der Waals surface area contributed by atoms with E-state index in [1.807, 2.05) is 6.07 Å². The summed E-state index contributed by atoms with van der Waals surface area (Å²) in [4.78, 5) is 2.33. The first-order chi connectivity index (χ1) is 11.5. The molecule has 0 saturated heterocycles. The highest BCUT2D eigenvalue weighted by Crippen LogP contribution is 2.26. The number of hydrogen-bond acceptors (Lipinski definition) is 4. The molecule has 0 radical (unpaired) electrons. The topological polar surface area (TPSA) is 44.7 Å². The van der Waals surface area contributed by atoms with Crippen LogP contribution >= 0.6 is 0 Å². The molecule has 4 heteroatoms. The maximum absolute atomic E-state index is 9.82. The lowest BCUT2D eigenvalue weighted by Crippen LogP contribution is -2.25. The van der Waals surface area contributed by atoms with Crippen LogP contribution in [-0.2, 0) is 19.6 Å². The van der Waals surface area contributed by atoms with Crippen molar-refractivity contribution >= 4 is 0 Å².